The Morgan fingerprint density at radius 1 is 1.17 bits per heavy atom. The van der Waals surface area contributed by atoms with E-state index in [1.165, 1.54) is 6.08 Å². The van der Waals surface area contributed by atoms with Gasteiger partial charge in [-0.05, 0) is 29.8 Å². The fourth-order valence-electron chi connectivity index (χ4n) is 2.29. The highest BCUT2D eigenvalue weighted by atomic mass is 16.7. The molecule has 0 unspecified atom stereocenters. The first-order valence-corrected chi connectivity index (χ1v) is 6.97. The van der Waals surface area contributed by atoms with E-state index in [4.69, 9.17) is 9.47 Å². The van der Waals surface area contributed by atoms with Crippen molar-refractivity contribution in [3.05, 3.63) is 54.4 Å². The second kappa shape index (κ2) is 5.45. The van der Waals surface area contributed by atoms with E-state index in [0.717, 1.165) is 5.56 Å². The van der Waals surface area contributed by atoms with Crippen LogP contribution < -0.4 is 14.8 Å². The van der Waals surface area contributed by atoms with Crippen LogP contribution in [0.2, 0.25) is 0 Å². The van der Waals surface area contributed by atoms with E-state index >= 15 is 0 Å². The summed E-state index contributed by atoms with van der Waals surface area (Å²) >= 11 is 0. The van der Waals surface area contributed by atoms with E-state index in [2.05, 4.69) is 15.4 Å². The van der Waals surface area contributed by atoms with Crippen LogP contribution in [0.1, 0.15) is 5.56 Å². The van der Waals surface area contributed by atoms with Gasteiger partial charge in [-0.3, -0.25) is 4.79 Å². The lowest BCUT2D eigenvalue weighted by Gasteiger charge is -2.04. The number of nitrogens with zero attached hydrogens (tertiary/aromatic N) is 3. The molecular formula is C16H12N4O3. The molecule has 23 heavy (non-hydrogen) atoms. The largest absolute Gasteiger partial charge is 0.454 e. The smallest absolute Gasteiger partial charge is 0.249 e. The highest BCUT2D eigenvalue weighted by molar-refractivity contribution is 6.01. The third-order valence-electron chi connectivity index (χ3n) is 3.37. The highest BCUT2D eigenvalue weighted by Crippen LogP contribution is 2.32. The number of hydrogen-bond donors (Lipinski definition) is 1. The van der Waals surface area contributed by atoms with Gasteiger partial charge in [-0.15, -0.1) is 0 Å². The maximum absolute atomic E-state index is 12.1. The monoisotopic (exact) mass is 308 g/mol. The predicted molar refractivity (Wildman–Crippen MR) is 83.2 cm³/mol. The fraction of sp³-hybridized carbons (Fsp3) is 0.0625. The Bertz CT molecular complexity index is 917. The van der Waals surface area contributed by atoms with E-state index in [1.54, 1.807) is 35.1 Å². The zero-order chi connectivity index (χ0) is 15.6. The molecule has 7 nitrogen and oxygen atoms in total. The summed E-state index contributed by atoms with van der Waals surface area (Å²) in [6.45, 7) is 0.227. The number of aromatic nitrogens is 3. The first-order chi connectivity index (χ1) is 11.3. The molecule has 1 aliphatic heterocycles. The van der Waals surface area contributed by atoms with Crippen molar-refractivity contribution in [1.82, 2.24) is 14.6 Å². The number of carbonyl (C=O) groups excluding carboxylic acids is 1. The maximum Gasteiger partial charge on any atom is 0.249 e. The number of ether oxygens (including phenoxy) is 2. The molecule has 114 valence electrons. The van der Waals surface area contributed by atoms with Gasteiger partial charge in [-0.1, -0.05) is 6.07 Å². The molecule has 0 aliphatic carbocycles. The lowest BCUT2D eigenvalue weighted by atomic mass is 10.2. The molecule has 0 radical (unpaired) electrons. The minimum atomic E-state index is -0.259. The van der Waals surface area contributed by atoms with E-state index in [-0.39, 0.29) is 12.7 Å². The number of amides is 1. The average molecular weight is 308 g/mol. The molecule has 1 amide bonds. The van der Waals surface area contributed by atoms with Gasteiger partial charge in [0.25, 0.3) is 0 Å². The van der Waals surface area contributed by atoms with Gasteiger partial charge in [0.15, 0.2) is 17.1 Å². The first kappa shape index (κ1) is 13.3. The quantitative estimate of drug-likeness (QED) is 0.750. The number of hydrogen-bond acceptors (Lipinski definition) is 5. The van der Waals surface area contributed by atoms with Crippen molar-refractivity contribution in [3.8, 4) is 11.5 Å². The van der Waals surface area contributed by atoms with Crippen molar-refractivity contribution >= 4 is 23.4 Å². The Morgan fingerprint density at radius 3 is 3.04 bits per heavy atom. The summed E-state index contributed by atoms with van der Waals surface area (Å²) in [5.41, 5.74) is 1.52. The second-order valence-electron chi connectivity index (χ2n) is 4.87. The zero-order valence-electron chi connectivity index (χ0n) is 12.0. The van der Waals surface area contributed by atoms with Gasteiger partial charge < -0.3 is 14.8 Å². The molecule has 4 rings (SSSR count). The van der Waals surface area contributed by atoms with Crippen LogP contribution in [0.25, 0.3) is 11.7 Å². The van der Waals surface area contributed by atoms with Gasteiger partial charge in [-0.25, -0.2) is 4.98 Å². The van der Waals surface area contributed by atoms with Crippen molar-refractivity contribution < 1.29 is 14.3 Å². The van der Waals surface area contributed by atoms with Gasteiger partial charge >= 0.3 is 0 Å². The average Bonchev–Trinajstić information content (AvgIpc) is 3.21. The van der Waals surface area contributed by atoms with Gasteiger partial charge in [0.2, 0.25) is 12.7 Å². The van der Waals surface area contributed by atoms with Crippen molar-refractivity contribution in [2.75, 3.05) is 12.1 Å². The van der Waals surface area contributed by atoms with Crippen LogP contribution in [0, 0.1) is 0 Å². The molecule has 1 aromatic carbocycles. The number of benzene rings is 1. The molecule has 0 atom stereocenters. The van der Waals surface area contributed by atoms with Gasteiger partial charge in [0.05, 0.1) is 6.20 Å². The van der Waals surface area contributed by atoms with E-state index < -0.39 is 0 Å². The molecule has 2 aromatic heterocycles. The molecule has 0 saturated heterocycles. The topological polar surface area (TPSA) is 77.8 Å². The van der Waals surface area contributed by atoms with Gasteiger partial charge in [0.1, 0.15) is 5.82 Å². The molecule has 3 heterocycles. The number of nitrogens with one attached hydrogen (secondary N) is 1. The van der Waals surface area contributed by atoms with Gasteiger partial charge in [-0.2, -0.15) is 9.61 Å². The van der Waals surface area contributed by atoms with E-state index in [1.807, 2.05) is 18.2 Å². The zero-order valence-corrected chi connectivity index (χ0v) is 12.0. The van der Waals surface area contributed by atoms with Crippen LogP contribution >= 0.6 is 0 Å². The number of carbonyl (C=O) groups is 1. The number of anilines is 1. The molecule has 3 aromatic rings. The third kappa shape index (κ3) is 2.59. The Balaban J connectivity index is 1.50. The van der Waals surface area contributed by atoms with Crippen LogP contribution in [-0.4, -0.2) is 27.3 Å². The highest BCUT2D eigenvalue weighted by Gasteiger charge is 2.12. The first-order valence-electron chi connectivity index (χ1n) is 6.97. The summed E-state index contributed by atoms with van der Waals surface area (Å²) in [5, 5.41) is 6.89. The van der Waals surface area contributed by atoms with Crippen molar-refractivity contribution in [2.45, 2.75) is 0 Å². The molecule has 0 fully saturated rings. The molecular weight excluding hydrogens is 296 g/mol. The molecule has 1 aliphatic rings. The van der Waals surface area contributed by atoms with Crippen LogP contribution in [-0.2, 0) is 4.79 Å². The minimum Gasteiger partial charge on any atom is -0.454 e. The summed E-state index contributed by atoms with van der Waals surface area (Å²) in [4.78, 5) is 16.2. The van der Waals surface area contributed by atoms with Crippen LogP contribution in [0.4, 0.5) is 5.82 Å². The molecule has 0 bridgehead atoms. The predicted octanol–water partition coefficient (Wildman–Crippen LogP) is 2.11. The lowest BCUT2D eigenvalue weighted by molar-refractivity contribution is -0.111. The standard InChI is InChI=1S/C16H12N4O3/c21-16(19-15-5-7-17-14-6-8-18-20(14)15)4-2-11-1-3-12-13(9-11)23-10-22-12/h1-9H,10H2,(H,19,21)/b4-2+. The molecule has 7 heteroatoms. The van der Waals surface area contributed by atoms with Crippen LogP contribution in [0.15, 0.2) is 48.8 Å². The summed E-state index contributed by atoms with van der Waals surface area (Å²) in [7, 11) is 0. The molecule has 1 N–H and O–H groups in total. The van der Waals surface area contributed by atoms with E-state index in [9.17, 15) is 4.79 Å². The summed E-state index contributed by atoms with van der Waals surface area (Å²) < 4.78 is 12.1. The van der Waals surface area contributed by atoms with Crippen LogP contribution in [0.3, 0.4) is 0 Å². The molecule has 0 saturated carbocycles. The third-order valence-corrected chi connectivity index (χ3v) is 3.37. The number of fused-ring (bicyclic) bond motifs is 2. The Morgan fingerprint density at radius 2 is 2.09 bits per heavy atom. The Kier molecular flexibility index (Phi) is 3.16. The summed E-state index contributed by atoms with van der Waals surface area (Å²) in [5.74, 6) is 1.69. The molecule has 0 spiro atoms. The van der Waals surface area contributed by atoms with E-state index in [0.29, 0.717) is 23.0 Å². The second-order valence-corrected chi connectivity index (χ2v) is 4.87. The van der Waals surface area contributed by atoms with Crippen molar-refractivity contribution in [2.24, 2.45) is 0 Å². The van der Waals surface area contributed by atoms with Crippen LogP contribution in [0.5, 0.6) is 11.5 Å². The van der Waals surface area contributed by atoms with Crippen molar-refractivity contribution in [1.29, 1.82) is 0 Å². The SMILES string of the molecule is O=C(/C=C/c1ccc2c(c1)OCO2)Nc1ccnc2ccnn12. The Labute approximate surface area is 131 Å². The summed E-state index contributed by atoms with van der Waals surface area (Å²) in [6.07, 6.45) is 6.40. The fourth-order valence-corrected chi connectivity index (χ4v) is 2.29. The normalized spacial score (nSPS) is 12.9. The Hall–Kier alpha value is -3.35. The van der Waals surface area contributed by atoms with Gasteiger partial charge in [0, 0.05) is 18.3 Å². The minimum absolute atomic E-state index is 0.227. The number of rotatable bonds is 3. The maximum atomic E-state index is 12.1. The van der Waals surface area contributed by atoms with Crippen molar-refractivity contribution in [3.63, 3.8) is 0 Å². The lowest BCUT2D eigenvalue weighted by Crippen LogP contribution is -2.11. The summed E-state index contributed by atoms with van der Waals surface area (Å²) in [6, 6.07) is 8.94.